The van der Waals surface area contributed by atoms with E-state index in [0.717, 1.165) is 16.8 Å². The van der Waals surface area contributed by atoms with Crippen LogP contribution in [-0.4, -0.2) is 16.2 Å². The van der Waals surface area contributed by atoms with Crippen LogP contribution >= 0.6 is 0 Å². The molecule has 4 heteroatoms. The van der Waals surface area contributed by atoms with E-state index in [1.165, 1.54) is 11.1 Å². The molecule has 4 nitrogen and oxygen atoms in total. The second kappa shape index (κ2) is 7.04. The molecule has 1 heterocycles. The predicted molar refractivity (Wildman–Crippen MR) is 99.3 cm³/mol. The fourth-order valence-electron chi connectivity index (χ4n) is 2.45. The van der Waals surface area contributed by atoms with Crippen molar-refractivity contribution in [3.05, 3.63) is 77.1 Å². The van der Waals surface area contributed by atoms with Gasteiger partial charge in [-0.25, -0.2) is 9.97 Å². The summed E-state index contributed by atoms with van der Waals surface area (Å²) in [6, 6.07) is 18.3. The van der Waals surface area contributed by atoms with Crippen LogP contribution in [0.3, 0.4) is 0 Å². The van der Waals surface area contributed by atoms with E-state index >= 15 is 0 Å². The molecule has 1 aromatic heterocycles. The number of nitrogens with zero attached hydrogens (tertiary/aromatic N) is 3. The zero-order chi connectivity index (χ0) is 16.9. The van der Waals surface area contributed by atoms with Gasteiger partial charge in [0.05, 0.1) is 11.9 Å². The highest BCUT2D eigenvalue weighted by Gasteiger charge is 2.06. The third kappa shape index (κ3) is 3.84. The van der Waals surface area contributed by atoms with E-state index in [9.17, 15) is 0 Å². The van der Waals surface area contributed by atoms with E-state index < -0.39 is 0 Å². The highest BCUT2D eigenvalue weighted by atomic mass is 15.3. The molecule has 0 atom stereocenters. The van der Waals surface area contributed by atoms with Crippen molar-refractivity contribution >= 4 is 12.0 Å². The summed E-state index contributed by atoms with van der Waals surface area (Å²) in [6.45, 7) is 6.03. The Balaban J connectivity index is 1.81. The van der Waals surface area contributed by atoms with E-state index in [2.05, 4.69) is 58.6 Å². The van der Waals surface area contributed by atoms with Crippen LogP contribution < -0.4 is 5.43 Å². The van der Waals surface area contributed by atoms with Crippen LogP contribution in [0.2, 0.25) is 0 Å². The zero-order valence-corrected chi connectivity index (χ0v) is 14.1. The molecule has 120 valence electrons. The predicted octanol–water partition coefficient (Wildman–Crippen LogP) is 4.51. The van der Waals surface area contributed by atoms with Crippen molar-refractivity contribution in [1.29, 1.82) is 0 Å². The Kier molecular flexibility index (Phi) is 4.66. The van der Waals surface area contributed by atoms with E-state index in [-0.39, 0.29) is 0 Å². The second-order valence-corrected chi connectivity index (χ2v) is 5.78. The fourth-order valence-corrected chi connectivity index (χ4v) is 2.45. The van der Waals surface area contributed by atoms with Crippen molar-refractivity contribution in [3.63, 3.8) is 0 Å². The van der Waals surface area contributed by atoms with Crippen molar-refractivity contribution in [2.75, 3.05) is 5.43 Å². The van der Waals surface area contributed by atoms with Gasteiger partial charge in [0.15, 0.2) is 0 Å². The van der Waals surface area contributed by atoms with Crippen LogP contribution in [0, 0.1) is 20.8 Å². The summed E-state index contributed by atoms with van der Waals surface area (Å²) in [6.07, 6.45) is 1.78. The minimum absolute atomic E-state index is 0.684. The van der Waals surface area contributed by atoms with Gasteiger partial charge in [-0.2, -0.15) is 5.10 Å². The number of benzene rings is 2. The van der Waals surface area contributed by atoms with Crippen LogP contribution in [0.4, 0.5) is 5.82 Å². The molecule has 2 aromatic carbocycles. The van der Waals surface area contributed by atoms with Gasteiger partial charge in [0.1, 0.15) is 11.6 Å². The summed E-state index contributed by atoms with van der Waals surface area (Å²) < 4.78 is 0. The van der Waals surface area contributed by atoms with E-state index in [4.69, 9.17) is 0 Å². The number of hydrazone groups is 1. The number of aromatic nitrogens is 2. The van der Waals surface area contributed by atoms with Crippen molar-refractivity contribution in [2.45, 2.75) is 20.8 Å². The number of anilines is 1. The van der Waals surface area contributed by atoms with Gasteiger partial charge in [0.25, 0.3) is 0 Å². The first-order valence-corrected chi connectivity index (χ1v) is 7.89. The summed E-state index contributed by atoms with van der Waals surface area (Å²) in [5.74, 6) is 1.40. The summed E-state index contributed by atoms with van der Waals surface area (Å²) in [7, 11) is 0. The van der Waals surface area contributed by atoms with Crippen molar-refractivity contribution in [3.8, 4) is 11.3 Å². The van der Waals surface area contributed by atoms with Gasteiger partial charge in [-0.15, -0.1) is 0 Å². The lowest BCUT2D eigenvalue weighted by Crippen LogP contribution is -1.99. The monoisotopic (exact) mass is 316 g/mol. The highest BCUT2D eigenvalue weighted by Crippen LogP contribution is 2.23. The van der Waals surface area contributed by atoms with Gasteiger partial charge in [-0.05, 0) is 31.9 Å². The van der Waals surface area contributed by atoms with Gasteiger partial charge in [0.2, 0.25) is 0 Å². The molecule has 0 aliphatic rings. The minimum atomic E-state index is 0.684. The fraction of sp³-hybridized carbons (Fsp3) is 0.150. The lowest BCUT2D eigenvalue weighted by Gasteiger charge is -2.08. The maximum absolute atomic E-state index is 4.54. The molecular formula is C20H20N4. The maximum atomic E-state index is 4.54. The number of rotatable bonds is 4. The SMILES string of the molecule is Cc1ccc(/C=N/Nc2cc(-c3ccccc3C)nc(C)n2)cc1. The lowest BCUT2D eigenvalue weighted by atomic mass is 10.1. The normalized spacial score (nSPS) is 11.0. The Bertz CT molecular complexity index is 867. The third-order valence-electron chi connectivity index (χ3n) is 3.73. The first kappa shape index (κ1) is 15.9. The lowest BCUT2D eigenvalue weighted by molar-refractivity contribution is 1.05. The molecule has 0 unspecified atom stereocenters. The Morgan fingerprint density at radius 2 is 1.67 bits per heavy atom. The number of aryl methyl sites for hydroxylation is 3. The Morgan fingerprint density at radius 3 is 2.42 bits per heavy atom. The Morgan fingerprint density at radius 1 is 0.917 bits per heavy atom. The molecule has 3 aromatic rings. The van der Waals surface area contributed by atoms with Crippen LogP contribution in [0.5, 0.6) is 0 Å². The molecule has 24 heavy (non-hydrogen) atoms. The van der Waals surface area contributed by atoms with Gasteiger partial charge in [0, 0.05) is 11.6 Å². The van der Waals surface area contributed by atoms with Crippen LogP contribution in [0.1, 0.15) is 22.5 Å². The summed E-state index contributed by atoms with van der Waals surface area (Å²) in [4.78, 5) is 8.94. The molecule has 1 N–H and O–H groups in total. The topological polar surface area (TPSA) is 50.2 Å². The number of hydrogen-bond donors (Lipinski definition) is 1. The first-order chi connectivity index (χ1) is 11.6. The van der Waals surface area contributed by atoms with Crippen molar-refractivity contribution in [1.82, 2.24) is 9.97 Å². The molecule has 0 saturated carbocycles. The molecule has 0 spiro atoms. The summed E-state index contributed by atoms with van der Waals surface area (Å²) in [5, 5.41) is 4.27. The van der Waals surface area contributed by atoms with Gasteiger partial charge in [-0.3, -0.25) is 5.43 Å². The summed E-state index contributed by atoms with van der Waals surface area (Å²) >= 11 is 0. The molecule has 0 aliphatic carbocycles. The Hall–Kier alpha value is -3.01. The molecular weight excluding hydrogens is 296 g/mol. The molecule has 0 aliphatic heterocycles. The minimum Gasteiger partial charge on any atom is -0.261 e. The van der Waals surface area contributed by atoms with Crippen LogP contribution in [0.15, 0.2) is 59.7 Å². The highest BCUT2D eigenvalue weighted by molar-refractivity contribution is 5.80. The Labute approximate surface area is 142 Å². The van der Waals surface area contributed by atoms with Gasteiger partial charge < -0.3 is 0 Å². The largest absolute Gasteiger partial charge is 0.261 e. The maximum Gasteiger partial charge on any atom is 0.150 e. The molecule has 0 fully saturated rings. The van der Waals surface area contributed by atoms with Crippen LogP contribution in [-0.2, 0) is 0 Å². The standard InChI is InChI=1S/C20H20N4/c1-14-8-10-17(11-9-14)13-21-24-20-12-19(22-16(3)23-20)18-7-5-4-6-15(18)2/h4-13H,1-3H3,(H,22,23,24)/b21-13+. The molecule has 0 saturated heterocycles. The average Bonchev–Trinajstić information content (AvgIpc) is 2.57. The van der Waals surface area contributed by atoms with Crippen molar-refractivity contribution < 1.29 is 0 Å². The number of nitrogens with one attached hydrogen (secondary N) is 1. The molecule has 3 rings (SSSR count). The number of hydrogen-bond acceptors (Lipinski definition) is 4. The molecule has 0 bridgehead atoms. The molecule has 0 radical (unpaired) electrons. The van der Waals surface area contributed by atoms with Gasteiger partial charge in [-0.1, -0.05) is 54.1 Å². The smallest absolute Gasteiger partial charge is 0.150 e. The summed E-state index contributed by atoms with van der Waals surface area (Å²) in [5.41, 5.74) is 8.45. The first-order valence-electron chi connectivity index (χ1n) is 7.89. The van der Waals surface area contributed by atoms with Gasteiger partial charge >= 0.3 is 0 Å². The third-order valence-corrected chi connectivity index (χ3v) is 3.73. The molecule has 0 amide bonds. The zero-order valence-electron chi connectivity index (χ0n) is 14.1. The average molecular weight is 316 g/mol. The van der Waals surface area contributed by atoms with E-state index in [1.54, 1.807) is 6.21 Å². The van der Waals surface area contributed by atoms with Crippen LogP contribution in [0.25, 0.3) is 11.3 Å². The quantitative estimate of drug-likeness (QED) is 0.569. The van der Waals surface area contributed by atoms with E-state index in [0.29, 0.717) is 11.6 Å². The second-order valence-electron chi connectivity index (χ2n) is 5.78. The van der Waals surface area contributed by atoms with Crippen molar-refractivity contribution in [2.24, 2.45) is 5.10 Å². The van der Waals surface area contributed by atoms with E-state index in [1.807, 2.05) is 37.3 Å².